The molecule has 2 heterocycles. The number of non-ortho nitro benzene ring substituents is 1. The zero-order valence-corrected chi connectivity index (χ0v) is 14.9. The predicted molar refractivity (Wildman–Crippen MR) is 95.7 cm³/mol. The van der Waals surface area contributed by atoms with E-state index in [2.05, 4.69) is 11.8 Å². The van der Waals surface area contributed by atoms with Crippen LogP contribution in [0, 0.1) is 36.3 Å². The third-order valence-electron chi connectivity index (χ3n) is 4.99. The highest BCUT2D eigenvalue weighted by atomic mass is 16.6. The number of hydrogen-bond donors (Lipinski definition) is 1. The van der Waals surface area contributed by atoms with Crippen LogP contribution in [0.3, 0.4) is 0 Å². The molecule has 0 spiro atoms. The molecule has 2 unspecified atom stereocenters. The summed E-state index contributed by atoms with van der Waals surface area (Å²) in [4.78, 5) is 30.5. The second kappa shape index (κ2) is 8.71. The number of hydrogen-bond acceptors (Lipinski definition) is 8. The Kier molecular flexibility index (Phi) is 6.61. The number of phenols is 1. The van der Waals surface area contributed by atoms with Gasteiger partial charge >= 0.3 is 11.4 Å². The molecule has 148 valence electrons. The van der Waals surface area contributed by atoms with Crippen LogP contribution >= 0.6 is 0 Å². The molecule has 0 saturated carbocycles. The third-order valence-corrected chi connectivity index (χ3v) is 4.99. The highest BCUT2D eigenvalue weighted by molar-refractivity contribution is 5.64. The fourth-order valence-electron chi connectivity index (χ4n) is 3.56. The van der Waals surface area contributed by atoms with Crippen LogP contribution in [0.15, 0.2) is 12.1 Å². The lowest BCUT2D eigenvalue weighted by Crippen LogP contribution is -2.44. The SMILES string of the molecule is CC1CCN2CCCCC2C1.O=[N+]([O-])c1cc([N+](=O)[O-])c(O)c([N+](=O)[O-])c1. The number of nitro groups is 3. The number of benzene rings is 1. The molecule has 1 N–H and O–H groups in total. The Bertz CT molecular complexity index is 704. The summed E-state index contributed by atoms with van der Waals surface area (Å²) in [7, 11) is 0. The van der Waals surface area contributed by atoms with E-state index in [-0.39, 0.29) is 0 Å². The minimum Gasteiger partial charge on any atom is -0.497 e. The summed E-state index contributed by atoms with van der Waals surface area (Å²) in [5.74, 6) is -0.213. The van der Waals surface area contributed by atoms with E-state index in [1.165, 1.54) is 45.2 Å². The molecule has 11 nitrogen and oxygen atoms in total. The van der Waals surface area contributed by atoms with E-state index < -0.39 is 37.6 Å². The number of nitro benzene ring substituents is 3. The summed E-state index contributed by atoms with van der Waals surface area (Å²) in [6.07, 6.45) is 7.32. The Labute approximate surface area is 155 Å². The van der Waals surface area contributed by atoms with Crippen molar-refractivity contribution in [2.45, 2.75) is 45.1 Å². The predicted octanol–water partition coefficient (Wildman–Crippen LogP) is 3.39. The highest BCUT2D eigenvalue weighted by Gasteiger charge is 2.30. The summed E-state index contributed by atoms with van der Waals surface area (Å²) >= 11 is 0. The standard InChI is InChI=1S/C10H19N.C6H3N3O7/c1-9-5-7-11-6-3-2-4-10(11)8-9;10-6-4(8(13)14)1-3(7(11)12)2-5(6)9(15)16/h9-10H,2-8H2,1H3;1-2,10H. The molecule has 0 radical (unpaired) electrons. The molecule has 2 fully saturated rings. The van der Waals surface area contributed by atoms with Crippen molar-refractivity contribution in [3.05, 3.63) is 42.5 Å². The second-order valence-corrected chi connectivity index (χ2v) is 6.92. The third kappa shape index (κ3) is 5.09. The largest absolute Gasteiger partial charge is 0.497 e. The van der Waals surface area contributed by atoms with Crippen molar-refractivity contribution in [3.8, 4) is 5.75 Å². The second-order valence-electron chi connectivity index (χ2n) is 6.92. The van der Waals surface area contributed by atoms with E-state index in [9.17, 15) is 30.3 Å². The molecule has 0 aliphatic carbocycles. The molecule has 2 saturated heterocycles. The monoisotopic (exact) mass is 382 g/mol. The van der Waals surface area contributed by atoms with Crippen LogP contribution in [0.25, 0.3) is 0 Å². The zero-order chi connectivity index (χ0) is 20.1. The topological polar surface area (TPSA) is 153 Å². The van der Waals surface area contributed by atoms with E-state index in [1.54, 1.807) is 0 Å². The molecule has 11 heteroatoms. The van der Waals surface area contributed by atoms with Crippen LogP contribution in [0.2, 0.25) is 0 Å². The molecule has 1 aromatic carbocycles. The summed E-state index contributed by atoms with van der Waals surface area (Å²) in [6.45, 7) is 5.18. The van der Waals surface area contributed by atoms with Gasteiger partial charge in [0.1, 0.15) is 0 Å². The van der Waals surface area contributed by atoms with E-state index >= 15 is 0 Å². The molecule has 0 amide bonds. The van der Waals surface area contributed by atoms with Gasteiger partial charge in [0.25, 0.3) is 11.4 Å². The van der Waals surface area contributed by atoms with Gasteiger partial charge in [-0.1, -0.05) is 13.3 Å². The van der Waals surface area contributed by atoms with Gasteiger partial charge in [-0.3, -0.25) is 30.3 Å². The average molecular weight is 382 g/mol. The van der Waals surface area contributed by atoms with Crippen molar-refractivity contribution in [2.75, 3.05) is 13.1 Å². The van der Waals surface area contributed by atoms with Crippen molar-refractivity contribution in [1.82, 2.24) is 4.90 Å². The zero-order valence-electron chi connectivity index (χ0n) is 14.9. The quantitative estimate of drug-likeness (QED) is 0.616. The maximum absolute atomic E-state index is 10.4. The first-order chi connectivity index (χ1) is 12.7. The van der Waals surface area contributed by atoms with Crippen LogP contribution in [0.1, 0.15) is 39.0 Å². The van der Waals surface area contributed by atoms with E-state index in [0.29, 0.717) is 12.1 Å². The maximum atomic E-state index is 10.4. The van der Waals surface area contributed by atoms with Crippen LogP contribution in [-0.4, -0.2) is 43.9 Å². The smallest absolute Gasteiger partial charge is 0.324 e. The Balaban J connectivity index is 0.000000206. The van der Waals surface area contributed by atoms with Gasteiger partial charge in [0.2, 0.25) is 0 Å². The summed E-state index contributed by atoms with van der Waals surface area (Å²) in [5, 5.41) is 40.2. The van der Waals surface area contributed by atoms with Gasteiger partial charge in [0, 0.05) is 6.04 Å². The first-order valence-corrected chi connectivity index (χ1v) is 8.75. The van der Waals surface area contributed by atoms with Crippen LogP contribution in [-0.2, 0) is 0 Å². The number of nitrogens with zero attached hydrogens (tertiary/aromatic N) is 4. The molecule has 2 aliphatic rings. The molecule has 0 bridgehead atoms. The van der Waals surface area contributed by atoms with Gasteiger partial charge in [0.15, 0.2) is 0 Å². The van der Waals surface area contributed by atoms with Crippen molar-refractivity contribution < 1.29 is 19.9 Å². The lowest BCUT2D eigenvalue weighted by Gasteiger charge is -2.41. The van der Waals surface area contributed by atoms with Crippen molar-refractivity contribution >= 4 is 17.1 Å². The van der Waals surface area contributed by atoms with Gasteiger partial charge in [-0.25, -0.2) is 0 Å². The Hall–Kier alpha value is -2.82. The molecule has 2 aliphatic heterocycles. The number of rotatable bonds is 3. The van der Waals surface area contributed by atoms with Gasteiger partial charge in [0.05, 0.1) is 26.9 Å². The Morgan fingerprint density at radius 1 is 0.963 bits per heavy atom. The average Bonchev–Trinajstić information content (AvgIpc) is 2.61. The van der Waals surface area contributed by atoms with E-state index in [0.717, 1.165) is 12.0 Å². The lowest BCUT2D eigenvalue weighted by molar-refractivity contribution is -0.404. The fraction of sp³-hybridized carbons (Fsp3) is 0.625. The fourth-order valence-corrected chi connectivity index (χ4v) is 3.56. The summed E-state index contributed by atoms with van der Waals surface area (Å²) in [5.41, 5.74) is -3.00. The molecule has 2 atom stereocenters. The van der Waals surface area contributed by atoms with Gasteiger partial charge in [-0.15, -0.1) is 0 Å². The maximum Gasteiger partial charge on any atom is 0.324 e. The molecule has 27 heavy (non-hydrogen) atoms. The molecular formula is C16H22N4O7. The van der Waals surface area contributed by atoms with Gasteiger partial charge < -0.3 is 10.0 Å². The number of fused-ring (bicyclic) bond motifs is 1. The first kappa shape index (κ1) is 20.5. The van der Waals surface area contributed by atoms with Crippen LogP contribution in [0.4, 0.5) is 17.1 Å². The Morgan fingerprint density at radius 3 is 2.07 bits per heavy atom. The molecule has 3 rings (SSSR count). The summed E-state index contributed by atoms with van der Waals surface area (Å²) < 4.78 is 0. The molecule has 1 aromatic rings. The van der Waals surface area contributed by atoms with Crippen LogP contribution < -0.4 is 0 Å². The number of aromatic hydroxyl groups is 1. The molecular weight excluding hydrogens is 360 g/mol. The van der Waals surface area contributed by atoms with E-state index in [4.69, 9.17) is 5.11 Å². The van der Waals surface area contributed by atoms with Crippen LogP contribution in [0.5, 0.6) is 5.75 Å². The van der Waals surface area contributed by atoms with Gasteiger partial charge in [-0.05, 0) is 44.7 Å². The normalized spacial score (nSPS) is 22.1. The van der Waals surface area contributed by atoms with Crippen molar-refractivity contribution in [2.24, 2.45) is 5.92 Å². The summed E-state index contributed by atoms with van der Waals surface area (Å²) in [6, 6.07) is 1.86. The van der Waals surface area contributed by atoms with E-state index in [1.807, 2.05) is 0 Å². The van der Waals surface area contributed by atoms with Gasteiger partial charge in [-0.2, -0.15) is 0 Å². The number of piperidine rings is 2. The Morgan fingerprint density at radius 2 is 1.56 bits per heavy atom. The minimum absolute atomic E-state index is 0.447. The van der Waals surface area contributed by atoms with Crippen molar-refractivity contribution in [3.63, 3.8) is 0 Å². The highest BCUT2D eigenvalue weighted by Crippen LogP contribution is 2.39. The number of phenolic OH excluding ortho intramolecular Hbond substituents is 1. The van der Waals surface area contributed by atoms with Crippen molar-refractivity contribution in [1.29, 1.82) is 0 Å². The molecule has 0 aromatic heterocycles. The lowest BCUT2D eigenvalue weighted by atomic mass is 9.87. The first-order valence-electron chi connectivity index (χ1n) is 8.75. The minimum atomic E-state index is -1.21.